The molecule has 2 aliphatic heterocycles. The number of amides is 2. The lowest BCUT2D eigenvalue weighted by atomic mass is 10.1. The molecule has 2 atom stereocenters. The standard InChI is InChI=1S/C17H20F3N3O3/c18-17(19,20)11-2-1-3-14(6-11)23-9-12(8-16(23)25)22-15(24)7-13-10-26-5-4-21-13/h1-3,6,12-13,21H,4-5,7-10H2,(H,22,24). The van der Waals surface area contributed by atoms with Gasteiger partial charge >= 0.3 is 6.18 Å². The van der Waals surface area contributed by atoms with Gasteiger partial charge in [-0.2, -0.15) is 13.2 Å². The minimum atomic E-state index is -4.47. The Balaban J connectivity index is 1.59. The summed E-state index contributed by atoms with van der Waals surface area (Å²) in [7, 11) is 0. The Morgan fingerprint density at radius 3 is 2.88 bits per heavy atom. The third kappa shape index (κ3) is 4.53. The van der Waals surface area contributed by atoms with Gasteiger partial charge < -0.3 is 20.3 Å². The van der Waals surface area contributed by atoms with Crippen LogP contribution in [0.4, 0.5) is 18.9 Å². The molecule has 3 rings (SSSR count). The number of alkyl halides is 3. The van der Waals surface area contributed by atoms with Gasteiger partial charge in [-0.25, -0.2) is 0 Å². The van der Waals surface area contributed by atoms with Crippen molar-refractivity contribution < 1.29 is 27.5 Å². The maximum atomic E-state index is 12.8. The van der Waals surface area contributed by atoms with Crippen LogP contribution in [0.15, 0.2) is 24.3 Å². The van der Waals surface area contributed by atoms with E-state index in [4.69, 9.17) is 4.74 Å². The summed E-state index contributed by atoms with van der Waals surface area (Å²) in [6, 6.07) is 4.15. The number of rotatable bonds is 4. The van der Waals surface area contributed by atoms with Crippen molar-refractivity contribution in [2.75, 3.05) is 31.2 Å². The summed E-state index contributed by atoms with van der Waals surface area (Å²) in [5, 5.41) is 5.95. The van der Waals surface area contributed by atoms with Gasteiger partial charge in [0.05, 0.1) is 24.8 Å². The van der Waals surface area contributed by atoms with Crippen LogP contribution in [-0.2, 0) is 20.5 Å². The highest BCUT2D eigenvalue weighted by atomic mass is 19.4. The molecule has 6 nitrogen and oxygen atoms in total. The maximum Gasteiger partial charge on any atom is 0.416 e. The normalized spacial score (nSPS) is 24.0. The average molecular weight is 371 g/mol. The molecule has 9 heteroatoms. The molecule has 1 aromatic rings. The van der Waals surface area contributed by atoms with Gasteiger partial charge in [0, 0.05) is 37.7 Å². The minimum absolute atomic E-state index is 0.0661. The van der Waals surface area contributed by atoms with Crippen LogP contribution in [0.2, 0.25) is 0 Å². The summed E-state index contributed by atoms with van der Waals surface area (Å²) in [4.78, 5) is 25.6. The second-order valence-corrected chi connectivity index (χ2v) is 6.45. The van der Waals surface area contributed by atoms with E-state index in [0.29, 0.717) is 19.8 Å². The molecule has 0 aliphatic carbocycles. The number of ether oxygens (including phenoxy) is 1. The van der Waals surface area contributed by atoms with Crippen molar-refractivity contribution in [1.82, 2.24) is 10.6 Å². The number of hydrogen-bond donors (Lipinski definition) is 2. The molecule has 2 amide bonds. The van der Waals surface area contributed by atoms with Gasteiger partial charge in [0.1, 0.15) is 0 Å². The van der Waals surface area contributed by atoms with Gasteiger partial charge in [0.2, 0.25) is 11.8 Å². The fourth-order valence-corrected chi connectivity index (χ4v) is 3.17. The predicted molar refractivity (Wildman–Crippen MR) is 87.6 cm³/mol. The molecule has 2 unspecified atom stereocenters. The van der Waals surface area contributed by atoms with Gasteiger partial charge in [0.15, 0.2) is 0 Å². The molecule has 0 bridgehead atoms. The molecule has 1 aromatic carbocycles. The van der Waals surface area contributed by atoms with Crippen molar-refractivity contribution >= 4 is 17.5 Å². The molecule has 2 N–H and O–H groups in total. The summed E-state index contributed by atoms with van der Waals surface area (Å²) in [6.45, 7) is 1.90. The van der Waals surface area contributed by atoms with Crippen LogP contribution in [0.25, 0.3) is 0 Å². The number of benzene rings is 1. The van der Waals surface area contributed by atoms with Crippen LogP contribution < -0.4 is 15.5 Å². The Morgan fingerprint density at radius 1 is 1.38 bits per heavy atom. The van der Waals surface area contributed by atoms with Gasteiger partial charge in [-0.05, 0) is 18.2 Å². The number of nitrogens with one attached hydrogen (secondary N) is 2. The van der Waals surface area contributed by atoms with E-state index < -0.39 is 17.8 Å². The molecule has 0 radical (unpaired) electrons. The van der Waals surface area contributed by atoms with Crippen molar-refractivity contribution in [1.29, 1.82) is 0 Å². The molecule has 26 heavy (non-hydrogen) atoms. The molecule has 2 aliphatic rings. The summed E-state index contributed by atoms with van der Waals surface area (Å²) in [6.07, 6.45) is -4.17. The quantitative estimate of drug-likeness (QED) is 0.837. The number of halogens is 3. The van der Waals surface area contributed by atoms with Gasteiger partial charge in [-0.3, -0.25) is 9.59 Å². The summed E-state index contributed by atoms with van der Waals surface area (Å²) in [5.74, 6) is -0.523. The van der Waals surface area contributed by atoms with E-state index in [2.05, 4.69) is 10.6 Å². The van der Waals surface area contributed by atoms with Crippen LogP contribution in [0.1, 0.15) is 18.4 Å². The van der Waals surface area contributed by atoms with Crippen molar-refractivity contribution in [2.45, 2.75) is 31.1 Å². The number of carbonyl (C=O) groups is 2. The summed E-state index contributed by atoms with van der Waals surface area (Å²) < 4.78 is 43.8. The average Bonchev–Trinajstić information content (AvgIpc) is 2.95. The lowest BCUT2D eigenvalue weighted by Crippen LogP contribution is -2.46. The SMILES string of the molecule is O=C(CC1COCCN1)NC1CC(=O)N(c2cccc(C(F)(F)F)c2)C1. The molecular weight excluding hydrogens is 351 g/mol. The third-order valence-corrected chi connectivity index (χ3v) is 4.41. The zero-order chi connectivity index (χ0) is 18.7. The van der Waals surface area contributed by atoms with E-state index in [-0.39, 0.29) is 42.9 Å². The lowest BCUT2D eigenvalue weighted by molar-refractivity contribution is -0.137. The van der Waals surface area contributed by atoms with Crippen molar-refractivity contribution in [3.05, 3.63) is 29.8 Å². The molecule has 0 spiro atoms. The van der Waals surface area contributed by atoms with E-state index >= 15 is 0 Å². The van der Waals surface area contributed by atoms with Crippen molar-refractivity contribution in [3.8, 4) is 0 Å². The van der Waals surface area contributed by atoms with Crippen molar-refractivity contribution in [3.63, 3.8) is 0 Å². The summed E-state index contributed by atoms with van der Waals surface area (Å²) >= 11 is 0. The molecule has 2 fully saturated rings. The van der Waals surface area contributed by atoms with Gasteiger partial charge in [-0.15, -0.1) is 0 Å². The maximum absolute atomic E-state index is 12.8. The van der Waals surface area contributed by atoms with E-state index in [9.17, 15) is 22.8 Å². The Morgan fingerprint density at radius 2 is 2.19 bits per heavy atom. The highest BCUT2D eigenvalue weighted by Gasteiger charge is 2.35. The first-order valence-electron chi connectivity index (χ1n) is 8.41. The molecule has 2 heterocycles. The first-order chi connectivity index (χ1) is 12.3. The Labute approximate surface area is 148 Å². The van der Waals surface area contributed by atoms with Crippen LogP contribution in [-0.4, -0.2) is 50.2 Å². The smallest absolute Gasteiger partial charge is 0.378 e. The highest BCUT2D eigenvalue weighted by molar-refractivity contribution is 5.97. The number of anilines is 1. The van der Waals surface area contributed by atoms with Crippen LogP contribution in [0.3, 0.4) is 0 Å². The molecule has 2 saturated heterocycles. The van der Waals surface area contributed by atoms with Crippen molar-refractivity contribution in [2.24, 2.45) is 0 Å². The van der Waals surface area contributed by atoms with Gasteiger partial charge in [-0.1, -0.05) is 6.07 Å². The second kappa shape index (κ2) is 7.63. The second-order valence-electron chi connectivity index (χ2n) is 6.45. The van der Waals surface area contributed by atoms with Crippen LogP contribution >= 0.6 is 0 Å². The number of hydrogen-bond acceptors (Lipinski definition) is 4. The predicted octanol–water partition coefficient (Wildman–Crippen LogP) is 1.31. The third-order valence-electron chi connectivity index (χ3n) is 4.41. The molecule has 0 saturated carbocycles. The van der Waals surface area contributed by atoms with E-state index in [1.54, 1.807) is 0 Å². The number of nitrogens with zero attached hydrogens (tertiary/aromatic N) is 1. The fourth-order valence-electron chi connectivity index (χ4n) is 3.17. The highest BCUT2D eigenvalue weighted by Crippen LogP contribution is 2.32. The number of morpholine rings is 1. The zero-order valence-corrected chi connectivity index (χ0v) is 14.0. The number of carbonyl (C=O) groups excluding carboxylic acids is 2. The van der Waals surface area contributed by atoms with E-state index in [1.165, 1.54) is 17.0 Å². The molecule has 142 valence electrons. The first-order valence-corrected chi connectivity index (χ1v) is 8.41. The Bertz CT molecular complexity index is 675. The Hall–Kier alpha value is -2.13. The zero-order valence-electron chi connectivity index (χ0n) is 14.0. The van der Waals surface area contributed by atoms with E-state index in [0.717, 1.165) is 12.1 Å². The monoisotopic (exact) mass is 371 g/mol. The topological polar surface area (TPSA) is 70.7 Å². The van der Waals surface area contributed by atoms with Crippen LogP contribution in [0.5, 0.6) is 0 Å². The lowest BCUT2D eigenvalue weighted by Gasteiger charge is -2.24. The first kappa shape index (κ1) is 18.7. The van der Waals surface area contributed by atoms with E-state index in [1.807, 2.05) is 0 Å². The van der Waals surface area contributed by atoms with Gasteiger partial charge in [0.25, 0.3) is 0 Å². The van der Waals surface area contributed by atoms with Crippen LogP contribution in [0, 0.1) is 0 Å². The molecular formula is C17H20F3N3O3. The largest absolute Gasteiger partial charge is 0.416 e. The molecule has 0 aromatic heterocycles. The Kier molecular flexibility index (Phi) is 5.47. The fraction of sp³-hybridized carbons (Fsp3) is 0.529. The summed E-state index contributed by atoms with van der Waals surface area (Å²) in [5.41, 5.74) is -0.623. The minimum Gasteiger partial charge on any atom is -0.378 e.